The second-order valence-corrected chi connectivity index (χ2v) is 5.93. The van der Waals surface area contributed by atoms with Gasteiger partial charge in [0.05, 0.1) is 0 Å². The van der Waals surface area contributed by atoms with Crippen LogP contribution in [-0.2, 0) is 5.41 Å². The molecule has 2 aliphatic rings. The number of piperidine rings is 1. The van der Waals surface area contributed by atoms with Crippen LogP contribution in [0.15, 0.2) is 54.1 Å². The minimum Gasteiger partial charge on any atom is -0.317 e. The molecule has 0 spiro atoms. The standard InChI is InChI=1S/C18H23N/c1-15-7-9-17(10-8-15)18(11-13-19-14-12-18)16-5-3-2-4-6-16/h2-7,9-10,15,19H,8,11-14H2,1H3. The normalized spacial score (nSPS) is 25.9. The Hall–Kier alpha value is -1.34. The van der Waals surface area contributed by atoms with E-state index in [0.717, 1.165) is 13.1 Å². The Bertz CT molecular complexity index is 478. The van der Waals surface area contributed by atoms with Crippen molar-refractivity contribution in [1.29, 1.82) is 0 Å². The monoisotopic (exact) mass is 253 g/mol. The van der Waals surface area contributed by atoms with Gasteiger partial charge in [0.1, 0.15) is 0 Å². The Balaban J connectivity index is 2.00. The van der Waals surface area contributed by atoms with Gasteiger partial charge in [0.15, 0.2) is 0 Å². The molecule has 0 aromatic heterocycles. The quantitative estimate of drug-likeness (QED) is 0.844. The van der Waals surface area contributed by atoms with Crippen LogP contribution in [0.4, 0.5) is 0 Å². The van der Waals surface area contributed by atoms with E-state index >= 15 is 0 Å². The molecule has 1 heteroatoms. The van der Waals surface area contributed by atoms with E-state index < -0.39 is 0 Å². The van der Waals surface area contributed by atoms with E-state index in [4.69, 9.17) is 0 Å². The molecule has 1 aromatic carbocycles. The zero-order valence-electron chi connectivity index (χ0n) is 11.7. The second-order valence-electron chi connectivity index (χ2n) is 5.93. The van der Waals surface area contributed by atoms with Gasteiger partial charge in [0.2, 0.25) is 0 Å². The maximum atomic E-state index is 3.51. The van der Waals surface area contributed by atoms with E-state index in [1.807, 2.05) is 0 Å². The first-order valence-corrected chi connectivity index (χ1v) is 7.46. The minimum atomic E-state index is 0.239. The molecule has 1 aromatic rings. The highest BCUT2D eigenvalue weighted by atomic mass is 14.9. The fourth-order valence-corrected chi connectivity index (χ4v) is 3.44. The number of hydrogen-bond acceptors (Lipinski definition) is 1. The number of nitrogens with one attached hydrogen (secondary N) is 1. The summed E-state index contributed by atoms with van der Waals surface area (Å²) in [7, 11) is 0. The van der Waals surface area contributed by atoms with Gasteiger partial charge in [-0.1, -0.05) is 55.5 Å². The fraction of sp³-hybridized carbons (Fsp3) is 0.444. The number of allylic oxidation sites excluding steroid dienone is 4. The molecule has 1 nitrogen and oxygen atoms in total. The maximum Gasteiger partial charge on any atom is 0.0223 e. The lowest BCUT2D eigenvalue weighted by atomic mass is 9.66. The van der Waals surface area contributed by atoms with E-state index in [1.165, 1.54) is 24.8 Å². The van der Waals surface area contributed by atoms with Crippen molar-refractivity contribution in [2.24, 2.45) is 5.92 Å². The average Bonchev–Trinajstić information content (AvgIpc) is 2.49. The first-order valence-electron chi connectivity index (χ1n) is 7.46. The zero-order valence-corrected chi connectivity index (χ0v) is 11.7. The number of benzene rings is 1. The summed E-state index contributed by atoms with van der Waals surface area (Å²) in [5, 5.41) is 3.51. The van der Waals surface area contributed by atoms with E-state index in [9.17, 15) is 0 Å². The molecule has 1 N–H and O–H groups in total. The van der Waals surface area contributed by atoms with Crippen molar-refractivity contribution in [3.8, 4) is 0 Å². The predicted molar refractivity (Wildman–Crippen MR) is 81.2 cm³/mol. The molecule has 1 atom stereocenters. The van der Waals surface area contributed by atoms with Crippen LogP contribution < -0.4 is 5.32 Å². The first-order chi connectivity index (χ1) is 9.31. The summed E-state index contributed by atoms with van der Waals surface area (Å²) in [5.41, 5.74) is 3.27. The van der Waals surface area contributed by atoms with Gasteiger partial charge in [0.25, 0.3) is 0 Å². The maximum absolute atomic E-state index is 3.51. The van der Waals surface area contributed by atoms with Crippen molar-refractivity contribution in [3.05, 3.63) is 59.7 Å². The molecule has 1 saturated heterocycles. The van der Waals surface area contributed by atoms with Gasteiger partial charge in [-0.15, -0.1) is 0 Å². The predicted octanol–water partition coefficient (Wildman–Crippen LogP) is 3.83. The Morgan fingerprint density at radius 1 is 1.11 bits per heavy atom. The number of rotatable bonds is 2. The molecule has 100 valence electrons. The minimum absolute atomic E-state index is 0.239. The molecular formula is C18H23N. The molecule has 1 unspecified atom stereocenters. The topological polar surface area (TPSA) is 12.0 Å². The summed E-state index contributed by atoms with van der Waals surface area (Å²) < 4.78 is 0. The Morgan fingerprint density at radius 2 is 1.84 bits per heavy atom. The van der Waals surface area contributed by atoms with Crippen LogP contribution in [0.1, 0.15) is 31.7 Å². The van der Waals surface area contributed by atoms with Crippen molar-refractivity contribution >= 4 is 0 Å². The summed E-state index contributed by atoms with van der Waals surface area (Å²) in [4.78, 5) is 0. The van der Waals surface area contributed by atoms with Crippen molar-refractivity contribution in [1.82, 2.24) is 5.32 Å². The van der Waals surface area contributed by atoms with Gasteiger partial charge in [-0.3, -0.25) is 0 Å². The third kappa shape index (κ3) is 2.40. The SMILES string of the molecule is CC1C=CC(C2(c3ccccc3)CCNCC2)=CC1. The largest absolute Gasteiger partial charge is 0.317 e. The molecule has 0 bridgehead atoms. The van der Waals surface area contributed by atoms with Crippen LogP contribution in [0.5, 0.6) is 0 Å². The Kier molecular flexibility index (Phi) is 3.56. The molecule has 0 saturated carbocycles. The van der Waals surface area contributed by atoms with Crippen LogP contribution in [0, 0.1) is 5.92 Å². The highest BCUT2D eigenvalue weighted by Crippen LogP contribution is 2.42. The van der Waals surface area contributed by atoms with E-state index in [2.05, 4.69) is 60.8 Å². The fourth-order valence-electron chi connectivity index (χ4n) is 3.44. The van der Waals surface area contributed by atoms with Crippen LogP contribution in [0.25, 0.3) is 0 Å². The van der Waals surface area contributed by atoms with E-state index in [-0.39, 0.29) is 5.41 Å². The van der Waals surface area contributed by atoms with Crippen molar-refractivity contribution in [2.45, 2.75) is 31.6 Å². The van der Waals surface area contributed by atoms with Gasteiger partial charge in [-0.2, -0.15) is 0 Å². The lowest BCUT2D eigenvalue weighted by Gasteiger charge is -2.40. The van der Waals surface area contributed by atoms with Gasteiger partial charge in [-0.25, -0.2) is 0 Å². The lowest BCUT2D eigenvalue weighted by Crippen LogP contribution is -2.41. The van der Waals surface area contributed by atoms with E-state index in [0.29, 0.717) is 5.92 Å². The summed E-state index contributed by atoms with van der Waals surface area (Å²) in [6, 6.07) is 11.1. The smallest absolute Gasteiger partial charge is 0.0223 e. The third-order valence-electron chi connectivity index (χ3n) is 4.65. The molecule has 1 aliphatic carbocycles. The molecular weight excluding hydrogens is 230 g/mol. The molecule has 1 heterocycles. The van der Waals surface area contributed by atoms with Crippen LogP contribution in [0.2, 0.25) is 0 Å². The summed E-state index contributed by atoms with van der Waals surface area (Å²) >= 11 is 0. The van der Waals surface area contributed by atoms with Crippen LogP contribution >= 0.6 is 0 Å². The molecule has 1 aliphatic heterocycles. The molecule has 19 heavy (non-hydrogen) atoms. The molecule has 0 radical (unpaired) electrons. The second kappa shape index (κ2) is 5.34. The highest BCUT2D eigenvalue weighted by Gasteiger charge is 2.36. The average molecular weight is 253 g/mol. The third-order valence-corrected chi connectivity index (χ3v) is 4.65. The Morgan fingerprint density at radius 3 is 2.47 bits per heavy atom. The lowest BCUT2D eigenvalue weighted by molar-refractivity contribution is 0.358. The molecule has 1 fully saturated rings. The van der Waals surface area contributed by atoms with Gasteiger partial charge in [0, 0.05) is 5.41 Å². The van der Waals surface area contributed by atoms with Gasteiger partial charge < -0.3 is 5.32 Å². The van der Waals surface area contributed by atoms with Gasteiger partial charge >= 0.3 is 0 Å². The summed E-state index contributed by atoms with van der Waals surface area (Å²) in [6.45, 7) is 4.53. The summed E-state index contributed by atoms with van der Waals surface area (Å²) in [5.74, 6) is 0.693. The van der Waals surface area contributed by atoms with Crippen molar-refractivity contribution < 1.29 is 0 Å². The van der Waals surface area contributed by atoms with Crippen molar-refractivity contribution in [2.75, 3.05) is 13.1 Å². The number of hydrogen-bond donors (Lipinski definition) is 1. The first kappa shape index (κ1) is 12.7. The van der Waals surface area contributed by atoms with Crippen molar-refractivity contribution in [3.63, 3.8) is 0 Å². The molecule has 3 rings (SSSR count). The molecule has 0 amide bonds. The highest BCUT2D eigenvalue weighted by molar-refractivity contribution is 5.44. The zero-order chi connectivity index (χ0) is 13.1. The van der Waals surface area contributed by atoms with E-state index in [1.54, 1.807) is 5.57 Å². The Labute approximate surface area is 116 Å². The van der Waals surface area contributed by atoms with Gasteiger partial charge in [-0.05, 0) is 49.4 Å². The van der Waals surface area contributed by atoms with Crippen LogP contribution in [-0.4, -0.2) is 13.1 Å². The summed E-state index contributed by atoms with van der Waals surface area (Å²) in [6.07, 6.45) is 10.8. The van der Waals surface area contributed by atoms with Crippen LogP contribution in [0.3, 0.4) is 0 Å².